The first kappa shape index (κ1) is 52.5. The van der Waals surface area contributed by atoms with Crippen molar-refractivity contribution in [3.8, 4) is 0 Å². The van der Waals surface area contributed by atoms with Gasteiger partial charge in [0.25, 0.3) is 0 Å². The molecule has 3 amide bonds. The Morgan fingerprint density at radius 1 is 0.582 bits per heavy atom. The molecule has 0 aliphatic carbocycles. The number of aliphatic imine (C=N–C) groups is 2. The van der Waals surface area contributed by atoms with E-state index in [9.17, 15) is 40.3 Å². The number of benzene rings is 4. The summed E-state index contributed by atoms with van der Waals surface area (Å²) >= 11 is 0. The van der Waals surface area contributed by atoms with Crippen LogP contribution in [0.1, 0.15) is 60.8 Å². The van der Waals surface area contributed by atoms with E-state index in [-0.39, 0.29) is 31.7 Å². The van der Waals surface area contributed by atoms with Gasteiger partial charge in [-0.25, -0.2) is 0 Å². The predicted octanol–water partition coefficient (Wildman–Crippen LogP) is 4.71. The number of amides is 3. The quantitative estimate of drug-likeness (QED) is 0.0325. The molecule has 28 heteroatoms. The van der Waals surface area contributed by atoms with Gasteiger partial charge in [-0.1, -0.05) is 0 Å². The first-order chi connectivity index (χ1) is 37.5. The van der Waals surface area contributed by atoms with Gasteiger partial charge in [0.05, 0.1) is 0 Å². The molecule has 4 aromatic carbocycles. The number of nitrogens with one attached hydrogen (secondary N) is 3. The van der Waals surface area contributed by atoms with E-state index in [2.05, 4.69) is 59.1 Å². The third-order valence-corrected chi connectivity index (χ3v) is 35.6. The number of nitrogens with zero attached hydrogens (tertiary/aromatic N) is 8. The fourth-order valence-corrected chi connectivity index (χ4v) is 37.1. The van der Waals surface area contributed by atoms with E-state index < -0.39 is 67.8 Å². The zero-order valence-electron chi connectivity index (χ0n) is 43.5. The molecule has 0 unspecified atom stereocenters. The van der Waals surface area contributed by atoms with Crippen molar-refractivity contribution in [2.75, 3.05) is 19.6 Å². The van der Waals surface area contributed by atoms with E-state index in [1.165, 1.54) is 0 Å². The van der Waals surface area contributed by atoms with Crippen LogP contribution in [0.15, 0.2) is 117 Å². The Balaban J connectivity index is 1.10. The normalized spacial score (nSPS) is 18.2. The number of hydrogen-bond donors (Lipinski definition) is 6. The van der Waals surface area contributed by atoms with Crippen LogP contribution in [0.25, 0.3) is 21.5 Å². The molecule has 6 aliphatic rings. The second kappa shape index (κ2) is 17.7. The maximum absolute atomic E-state index is 13.2. The summed E-state index contributed by atoms with van der Waals surface area (Å²) in [6.45, 7) is 7.72. The first-order valence-corrected chi connectivity index (χ1v) is 37.9. The number of urea groups is 1. The second-order valence-electron chi connectivity index (χ2n) is 22.0. The van der Waals surface area contributed by atoms with Crippen molar-refractivity contribution >= 4 is 119 Å². The maximum atomic E-state index is 13.2. The van der Waals surface area contributed by atoms with Gasteiger partial charge in [-0.2, -0.15) is 0 Å². The molecule has 23 nitrogen and oxygen atoms in total. The van der Waals surface area contributed by atoms with Crippen LogP contribution in [0.3, 0.4) is 0 Å². The summed E-state index contributed by atoms with van der Waals surface area (Å²) in [5.41, 5.74) is 4.27. The molecule has 79 heavy (non-hydrogen) atoms. The molecule has 1 spiro atoms. The Morgan fingerprint density at radius 2 is 1.01 bits per heavy atom. The van der Waals surface area contributed by atoms with Crippen LogP contribution in [0.4, 0.5) is 16.4 Å². The van der Waals surface area contributed by atoms with Crippen LogP contribution in [0.2, 0.25) is 38.3 Å². The average molecular weight is 1160 g/mol. The molecule has 6 aliphatic heterocycles. The van der Waals surface area contributed by atoms with Crippen molar-refractivity contribution in [3.63, 3.8) is 0 Å². The van der Waals surface area contributed by atoms with Crippen molar-refractivity contribution in [1.29, 1.82) is 0 Å². The van der Waals surface area contributed by atoms with E-state index in [1.807, 2.05) is 97.1 Å². The summed E-state index contributed by atoms with van der Waals surface area (Å²) in [7, 11) is -24.6. The van der Waals surface area contributed by atoms with Crippen molar-refractivity contribution < 1.29 is 62.1 Å². The van der Waals surface area contributed by atoms with Crippen LogP contribution in [0.5, 0.6) is 0 Å². The molecule has 0 fully saturated rings. The molecule has 0 atom stereocenters. The molecule has 0 bridgehead atoms. The number of unbranched alkanes of at least 4 members (excludes halogenated alkanes) is 1. The van der Waals surface area contributed by atoms with Gasteiger partial charge < -0.3 is 5.11 Å². The van der Waals surface area contributed by atoms with Crippen LogP contribution in [-0.2, 0) is 38.1 Å². The number of fused-ring (bicyclic) bond motifs is 12. The fraction of sp³-hybridized carbons (Fsp3) is 0.314. The third-order valence-electron chi connectivity index (χ3n) is 15.8. The Bertz CT molecular complexity index is 4080. The number of amidine groups is 4. The Labute approximate surface area is 454 Å². The topological polar surface area (TPSA) is 300 Å². The van der Waals surface area contributed by atoms with Gasteiger partial charge in [0.2, 0.25) is 0 Å². The van der Waals surface area contributed by atoms with Crippen molar-refractivity contribution in [1.82, 2.24) is 24.4 Å². The van der Waals surface area contributed by atoms with E-state index in [0.717, 1.165) is 43.8 Å². The molecule has 6 N–H and O–H groups in total. The number of carboxylic acid groups (broad SMARTS) is 1. The molecule has 6 aromatic rings. The Kier molecular flexibility index (Phi) is 11.8. The first-order valence-electron chi connectivity index (χ1n) is 26.1. The number of hydrogen-bond acceptors (Lipinski definition) is 13. The van der Waals surface area contributed by atoms with Crippen LogP contribution < -0.4 is 26.9 Å². The minimum atomic E-state index is -7.10. The van der Waals surface area contributed by atoms with Crippen LogP contribution in [-0.4, -0.2) is 138 Å². The molecular weight excluding hydrogens is 1110 g/mol. The van der Waals surface area contributed by atoms with Gasteiger partial charge in [-0.05, 0) is 0 Å². The molecule has 2 aromatic heterocycles. The molecule has 0 saturated heterocycles. The molecule has 0 saturated carbocycles. The molecule has 0 radical (unpaired) electrons. The molecular formula is C51H57N11O12S2Si3. The van der Waals surface area contributed by atoms with E-state index in [1.54, 1.807) is 0 Å². The summed E-state index contributed by atoms with van der Waals surface area (Å²) in [5.74, 6) is 2.20. The van der Waals surface area contributed by atoms with Crippen molar-refractivity contribution in [3.05, 3.63) is 130 Å². The zero-order valence-corrected chi connectivity index (χ0v) is 48.1. The standard InChI is InChI=1S/C51H57N11O12S2Si3/c1-77(2,29-15-27-52-40(63)25-13-14-26-41(64)65)73-79(74-78(3,4)30-16-28-53-51(66)54-31-42(75(67,68)69)76(70,71)72)59-43-32-17-5-6-18-33(32)44(59)56-46-36-21-9-10-22-37(36)48(61(46)79)58-50-39-24-12-11-23-38(39)49(62(50)79)57-47-35-20-8-7-19-34(35)45(55-43)60(47)79/h5-12,17-24,42H,13-16,25-31H2,1-4H3,(H,52,63)(H,64,65)(H2,53,54,66)(H,67,68,69)(H,70,71,72). The Hall–Kier alpha value is -7.16. The summed E-state index contributed by atoms with van der Waals surface area (Å²) in [6.07, 6.45) is 1.81. The number of carbonyl (C=O) groups excluding carboxylic acids is 2. The van der Waals surface area contributed by atoms with E-state index in [4.69, 9.17) is 33.3 Å². The van der Waals surface area contributed by atoms with Gasteiger partial charge in [0.15, 0.2) is 0 Å². The van der Waals surface area contributed by atoms with E-state index >= 15 is 0 Å². The van der Waals surface area contributed by atoms with Gasteiger partial charge in [0, 0.05) is 0 Å². The minimum absolute atomic E-state index is 0.00158. The fourth-order valence-electron chi connectivity index (χ4n) is 13.0. The Morgan fingerprint density at radius 3 is 1.48 bits per heavy atom. The summed E-state index contributed by atoms with van der Waals surface area (Å²) in [4.78, 5) is 60.5. The molecule has 412 valence electrons. The number of carbonyl (C=O) groups is 3. The molecule has 8 heterocycles. The van der Waals surface area contributed by atoms with Gasteiger partial charge in [-0.3, -0.25) is 4.79 Å². The monoisotopic (exact) mass is 1160 g/mol. The van der Waals surface area contributed by atoms with Gasteiger partial charge in [0.1, 0.15) is 0 Å². The zero-order chi connectivity index (χ0) is 55.7. The summed E-state index contributed by atoms with van der Waals surface area (Å²) < 4.78 is 90.6. The second-order valence-corrected chi connectivity index (χ2v) is 39.7. The third kappa shape index (κ3) is 7.41. The van der Waals surface area contributed by atoms with Crippen LogP contribution >= 0.6 is 0 Å². The number of aromatic nitrogens is 2. The number of aliphatic carboxylic acids is 1. The predicted molar refractivity (Wildman–Crippen MR) is 300 cm³/mol. The SMILES string of the molecule is C[Si](C)(CCCNC(=O)CCCCC(=O)O)O[Si-2]123(O[Si](C)(C)CCCNC(=O)NCC(S(=O)(=O)O)S(=O)(=O)O)n4c5c6ccccc6c4N=C4c6ccccc6C(=[N+]41)N=c1c4ccccc4c(n12)=NC1=[N+]3C(=N5)c2ccccc21. The van der Waals surface area contributed by atoms with Gasteiger partial charge in [-0.15, -0.1) is 0 Å². The van der Waals surface area contributed by atoms with Crippen LogP contribution in [0, 0.1) is 0 Å². The van der Waals surface area contributed by atoms with Crippen molar-refractivity contribution in [2.24, 2.45) is 20.0 Å². The summed E-state index contributed by atoms with van der Waals surface area (Å²) in [6, 6.07) is 32.0. The number of carboxylic acids is 1. The summed E-state index contributed by atoms with van der Waals surface area (Å²) in [5, 5.41) is 20.2. The van der Waals surface area contributed by atoms with Crippen molar-refractivity contribution in [2.45, 2.75) is 81.4 Å². The number of rotatable bonds is 21. The average Bonchev–Trinajstić information content (AvgIpc) is 1.80. The molecule has 12 rings (SSSR count). The van der Waals surface area contributed by atoms with Gasteiger partial charge >= 0.3 is 447 Å². The van der Waals surface area contributed by atoms with E-state index in [0.29, 0.717) is 83.8 Å².